The van der Waals surface area contributed by atoms with Crippen LogP contribution in [0.15, 0.2) is 30.3 Å². The van der Waals surface area contributed by atoms with E-state index in [1.165, 1.54) is 7.85 Å². The first-order valence-electron chi connectivity index (χ1n) is 3.15. The molecule has 0 saturated carbocycles. The van der Waals surface area contributed by atoms with Gasteiger partial charge in [-0.2, -0.15) is 0 Å². The largest absolute Gasteiger partial charge is 0.469 e. The molecule has 1 atom stereocenters. The van der Waals surface area contributed by atoms with Crippen LogP contribution in [0.4, 0.5) is 4.39 Å². The lowest BCUT2D eigenvalue weighted by Gasteiger charge is -2.04. The second-order valence-electron chi connectivity index (χ2n) is 1.97. The first-order valence-corrected chi connectivity index (χ1v) is 3.15. The molecule has 0 aliphatic carbocycles. The molecule has 0 N–H and O–H groups in total. The summed E-state index contributed by atoms with van der Waals surface area (Å²) in [6.07, 6.45) is -1.23. The van der Waals surface area contributed by atoms with E-state index >= 15 is 0 Å². The summed E-state index contributed by atoms with van der Waals surface area (Å²) in [6.45, 7) is 0. The molecule has 10 heavy (non-hydrogen) atoms. The number of halogens is 1. The van der Waals surface area contributed by atoms with Crippen molar-refractivity contribution >= 4 is 7.85 Å². The predicted octanol–water partition coefficient (Wildman–Crippen LogP) is 0.952. The van der Waals surface area contributed by atoms with E-state index in [0.29, 0.717) is 5.75 Å². The molecule has 1 unspecified atom stereocenters. The van der Waals surface area contributed by atoms with E-state index in [4.69, 9.17) is 4.74 Å². The van der Waals surface area contributed by atoms with Crippen molar-refractivity contribution in [2.24, 2.45) is 0 Å². The molecular weight excluding hydrogens is 130 g/mol. The normalized spacial score (nSPS) is 12.5. The van der Waals surface area contributed by atoms with Crippen molar-refractivity contribution in [2.45, 2.75) is 6.26 Å². The van der Waals surface area contributed by atoms with Crippen molar-refractivity contribution < 1.29 is 9.13 Å². The van der Waals surface area contributed by atoms with Gasteiger partial charge < -0.3 is 4.74 Å². The van der Waals surface area contributed by atoms with E-state index < -0.39 is 6.26 Å². The lowest BCUT2D eigenvalue weighted by atomic mass is 10.2. The Morgan fingerprint density at radius 3 is 2.40 bits per heavy atom. The van der Waals surface area contributed by atoms with Gasteiger partial charge in [0, 0.05) is 0 Å². The maximum atomic E-state index is 12.2. The standard InChI is InChI=1S/C7H8BFO/c8-7(9)10-6-4-2-1-3-5-6/h1-5,7H,8H2. The fourth-order valence-corrected chi connectivity index (χ4v) is 0.687. The third-order valence-corrected chi connectivity index (χ3v) is 1.04. The average Bonchev–Trinajstić information content (AvgIpc) is 1.88. The molecule has 0 fully saturated rings. The highest BCUT2D eigenvalue weighted by molar-refractivity contribution is 6.10. The van der Waals surface area contributed by atoms with Gasteiger partial charge in [0.1, 0.15) is 5.75 Å². The first-order chi connectivity index (χ1) is 4.79. The van der Waals surface area contributed by atoms with Gasteiger partial charge in [-0.15, -0.1) is 0 Å². The summed E-state index contributed by atoms with van der Waals surface area (Å²) < 4.78 is 16.9. The quantitative estimate of drug-likeness (QED) is 0.552. The number of hydrogen-bond acceptors (Lipinski definition) is 1. The summed E-state index contributed by atoms with van der Waals surface area (Å²) in [5.74, 6) is 0.567. The molecule has 1 nitrogen and oxygen atoms in total. The van der Waals surface area contributed by atoms with Crippen LogP contribution >= 0.6 is 0 Å². The van der Waals surface area contributed by atoms with Crippen molar-refractivity contribution in [3.63, 3.8) is 0 Å². The third kappa shape index (κ3) is 2.09. The third-order valence-electron chi connectivity index (χ3n) is 1.04. The van der Waals surface area contributed by atoms with Crippen LogP contribution in [0.5, 0.6) is 5.75 Å². The van der Waals surface area contributed by atoms with Gasteiger partial charge in [0.2, 0.25) is 0 Å². The Bertz CT molecular complexity index is 188. The number of hydrogen-bond donors (Lipinski definition) is 0. The second-order valence-corrected chi connectivity index (χ2v) is 1.97. The Balaban J connectivity index is 2.59. The van der Waals surface area contributed by atoms with E-state index in [1.807, 2.05) is 6.07 Å². The maximum Gasteiger partial charge on any atom is 0.197 e. The highest BCUT2D eigenvalue weighted by atomic mass is 19.1. The van der Waals surface area contributed by atoms with Crippen molar-refractivity contribution in [1.82, 2.24) is 0 Å². The van der Waals surface area contributed by atoms with Crippen LogP contribution in [0, 0.1) is 0 Å². The Morgan fingerprint density at radius 1 is 1.30 bits per heavy atom. The van der Waals surface area contributed by atoms with E-state index in [9.17, 15) is 4.39 Å². The van der Waals surface area contributed by atoms with Gasteiger partial charge in [0.25, 0.3) is 0 Å². The van der Waals surface area contributed by atoms with Crippen molar-refractivity contribution in [2.75, 3.05) is 0 Å². The number of para-hydroxylation sites is 1. The lowest BCUT2D eigenvalue weighted by molar-refractivity contribution is 0.146. The van der Waals surface area contributed by atoms with Gasteiger partial charge >= 0.3 is 0 Å². The van der Waals surface area contributed by atoms with Gasteiger partial charge in [-0.1, -0.05) is 18.2 Å². The smallest absolute Gasteiger partial charge is 0.197 e. The van der Waals surface area contributed by atoms with E-state index in [-0.39, 0.29) is 0 Å². The molecule has 3 heteroatoms. The molecule has 0 radical (unpaired) electrons. The van der Waals surface area contributed by atoms with E-state index in [1.54, 1.807) is 24.3 Å². The number of ether oxygens (including phenoxy) is 1. The molecule has 1 aromatic rings. The molecule has 0 aliphatic rings. The summed E-state index contributed by atoms with van der Waals surface area (Å²) in [6, 6.07) is 8.90. The highest BCUT2D eigenvalue weighted by Crippen LogP contribution is 2.09. The summed E-state index contributed by atoms with van der Waals surface area (Å²) in [7, 11) is 1.35. The van der Waals surface area contributed by atoms with Gasteiger partial charge in [0.05, 0.1) is 0 Å². The summed E-state index contributed by atoms with van der Waals surface area (Å²) in [5.41, 5.74) is 0. The minimum atomic E-state index is -1.23. The topological polar surface area (TPSA) is 9.23 Å². The molecule has 0 heterocycles. The molecule has 0 saturated heterocycles. The van der Waals surface area contributed by atoms with Crippen LogP contribution in [0.3, 0.4) is 0 Å². The number of alkyl halides is 1. The zero-order valence-electron chi connectivity index (χ0n) is 5.75. The molecule has 0 bridgehead atoms. The minimum Gasteiger partial charge on any atom is -0.469 e. The highest BCUT2D eigenvalue weighted by Gasteiger charge is 1.96. The zero-order valence-corrected chi connectivity index (χ0v) is 5.75. The van der Waals surface area contributed by atoms with Gasteiger partial charge in [-0.05, 0) is 12.1 Å². The van der Waals surface area contributed by atoms with Gasteiger partial charge in [-0.3, -0.25) is 0 Å². The molecule has 0 amide bonds. The Kier molecular flexibility index (Phi) is 2.32. The summed E-state index contributed by atoms with van der Waals surface area (Å²) in [5, 5.41) is 0. The Labute approximate surface area is 60.2 Å². The van der Waals surface area contributed by atoms with Crippen LogP contribution in [-0.2, 0) is 0 Å². The van der Waals surface area contributed by atoms with Crippen LogP contribution in [0.1, 0.15) is 0 Å². The summed E-state index contributed by atoms with van der Waals surface area (Å²) >= 11 is 0. The number of rotatable bonds is 2. The molecule has 0 aliphatic heterocycles. The van der Waals surface area contributed by atoms with Crippen molar-refractivity contribution in [3.05, 3.63) is 30.3 Å². The average molecular weight is 138 g/mol. The molecular formula is C7H8BFO. The SMILES string of the molecule is BC(F)Oc1ccccc1. The lowest BCUT2D eigenvalue weighted by Crippen LogP contribution is -2.08. The Morgan fingerprint density at radius 2 is 1.90 bits per heavy atom. The van der Waals surface area contributed by atoms with Crippen molar-refractivity contribution in [3.8, 4) is 5.75 Å². The molecule has 0 spiro atoms. The van der Waals surface area contributed by atoms with Gasteiger partial charge in [0.15, 0.2) is 14.1 Å². The fourth-order valence-electron chi connectivity index (χ4n) is 0.687. The van der Waals surface area contributed by atoms with Gasteiger partial charge in [-0.25, -0.2) is 4.39 Å². The maximum absolute atomic E-state index is 12.2. The van der Waals surface area contributed by atoms with Crippen LogP contribution in [0.2, 0.25) is 0 Å². The fraction of sp³-hybridized carbons (Fsp3) is 0.143. The van der Waals surface area contributed by atoms with E-state index in [0.717, 1.165) is 0 Å². The molecule has 0 aromatic heterocycles. The molecule has 1 rings (SSSR count). The summed E-state index contributed by atoms with van der Waals surface area (Å²) in [4.78, 5) is 0. The van der Waals surface area contributed by atoms with Crippen LogP contribution in [0.25, 0.3) is 0 Å². The van der Waals surface area contributed by atoms with E-state index in [2.05, 4.69) is 0 Å². The molecule has 52 valence electrons. The Hall–Kier alpha value is -0.985. The zero-order chi connectivity index (χ0) is 7.40. The van der Waals surface area contributed by atoms with Crippen LogP contribution in [-0.4, -0.2) is 14.1 Å². The number of benzene rings is 1. The minimum absolute atomic E-state index is 0.567. The monoisotopic (exact) mass is 138 g/mol. The van der Waals surface area contributed by atoms with Crippen molar-refractivity contribution in [1.29, 1.82) is 0 Å². The first kappa shape index (κ1) is 7.13. The second kappa shape index (κ2) is 3.25. The molecule has 1 aromatic carbocycles. The van der Waals surface area contributed by atoms with Crippen LogP contribution < -0.4 is 4.74 Å². The predicted molar refractivity (Wildman–Crippen MR) is 40.5 cm³/mol.